The first-order valence-electron chi connectivity index (χ1n) is 3.41. The maximum atomic E-state index is 12.4. The zero-order chi connectivity index (χ0) is 13.2. The summed E-state index contributed by atoms with van der Waals surface area (Å²) in [5.41, 5.74) is 0. The summed E-state index contributed by atoms with van der Waals surface area (Å²) in [6.07, 6.45) is -6.84. The Morgan fingerprint density at radius 3 is 1.81 bits per heavy atom. The Kier molecular flexibility index (Phi) is 3.70. The molecule has 16 heavy (non-hydrogen) atoms. The number of halogens is 7. The van der Waals surface area contributed by atoms with E-state index in [-0.39, 0.29) is 12.2 Å². The molecular formula is C7H2F7NO. The lowest BCUT2D eigenvalue weighted by Gasteiger charge is -2.25. The summed E-state index contributed by atoms with van der Waals surface area (Å²) in [5, 5.41) is 7.80. The first-order chi connectivity index (χ1) is 6.98. The van der Waals surface area contributed by atoms with Gasteiger partial charge in [0.05, 0.1) is 6.07 Å². The third kappa shape index (κ3) is 2.32. The van der Waals surface area contributed by atoms with Gasteiger partial charge in [0.25, 0.3) is 0 Å². The number of nitrogens with zero attached hydrogens (tertiary/aromatic N) is 1. The lowest BCUT2D eigenvalue weighted by atomic mass is 10.1. The molecule has 0 fully saturated rings. The van der Waals surface area contributed by atoms with Gasteiger partial charge in [-0.05, 0) is 6.08 Å². The van der Waals surface area contributed by atoms with Gasteiger partial charge in [0, 0.05) is 6.08 Å². The van der Waals surface area contributed by atoms with Crippen LogP contribution in [0.5, 0.6) is 0 Å². The summed E-state index contributed by atoms with van der Waals surface area (Å²) in [7, 11) is 0. The van der Waals surface area contributed by atoms with Crippen LogP contribution in [0.15, 0.2) is 12.2 Å². The average Bonchev–Trinajstić information content (AvgIpc) is 2.11. The Bertz CT molecular complexity index is 349. The first kappa shape index (κ1) is 14.4. The number of ketones is 1. The minimum Gasteiger partial charge on any atom is -0.288 e. The van der Waals surface area contributed by atoms with E-state index in [0.29, 0.717) is 0 Å². The van der Waals surface area contributed by atoms with Gasteiger partial charge in [0.1, 0.15) is 0 Å². The Labute approximate surface area is 84.0 Å². The van der Waals surface area contributed by atoms with Gasteiger partial charge >= 0.3 is 18.0 Å². The van der Waals surface area contributed by atoms with Gasteiger partial charge in [-0.2, -0.15) is 36.0 Å². The second-order valence-corrected chi connectivity index (χ2v) is 2.47. The van der Waals surface area contributed by atoms with E-state index in [9.17, 15) is 35.5 Å². The SMILES string of the molecule is N#C/C=C/C(=O)C(F)(F)C(F)(F)C(F)(F)F. The summed E-state index contributed by atoms with van der Waals surface area (Å²) in [6.45, 7) is 0. The second-order valence-electron chi connectivity index (χ2n) is 2.47. The number of hydrogen-bond acceptors (Lipinski definition) is 2. The van der Waals surface area contributed by atoms with Crippen LogP contribution in [0.2, 0.25) is 0 Å². The summed E-state index contributed by atoms with van der Waals surface area (Å²) < 4.78 is 83.8. The monoisotopic (exact) mass is 249 g/mol. The minimum atomic E-state index is -6.56. The maximum Gasteiger partial charge on any atom is 0.460 e. The molecule has 2 nitrogen and oxygen atoms in total. The molecular weight excluding hydrogens is 247 g/mol. The second kappa shape index (κ2) is 4.11. The first-order valence-corrected chi connectivity index (χ1v) is 3.41. The van der Waals surface area contributed by atoms with Crippen molar-refractivity contribution >= 4 is 5.78 Å². The number of carbonyl (C=O) groups is 1. The predicted octanol–water partition coefficient (Wildman–Crippen LogP) is 2.47. The third-order valence-electron chi connectivity index (χ3n) is 1.37. The molecule has 0 bridgehead atoms. The van der Waals surface area contributed by atoms with Gasteiger partial charge in [0.2, 0.25) is 5.78 Å². The van der Waals surface area contributed by atoms with E-state index in [0.717, 1.165) is 6.07 Å². The summed E-state index contributed by atoms with van der Waals surface area (Å²) in [4.78, 5) is 10.3. The fourth-order valence-electron chi connectivity index (χ4n) is 0.550. The number of alkyl halides is 7. The van der Waals surface area contributed by atoms with Crippen LogP contribution < -0.4 is 0 Å². The quantitative estimate of drug-likeness (QED) is 0.438. The van der Waals surface area contributed by atoms with E-state index < -0.39 is 23.8 Å². The molecule has 0 heterocycles. The van der Waals surface area contributed by atoms with Crippen LogP contribution in [-0.4, -0.2) is 23.8 Å². The summed E-state index contributed by atoms with van der Waals surface area (Å²) >= 11 is 0. The topological polar surface area (TPSA) is 40.9 Å². The van der Waals surface area contributed by atoms with Gasteiger partial charge < -0.3 is 0 Å². The van der Waals surface area contributed by atoms with E-state index in [4.69, 9.17) is 5.26 Å². The smallest absolute Gasteiger partial charge is 0.288 e. The van der Waals surface area contributed by atoms with E-state index in [1.165, 1.54) is 0 Å². The highest BCUT2D eigenvalue weighted by molar-refractivity contribution is 5.96. The Hall–Kier alpha value is -1.59. The molecule has 0 aliphatic rings. The zero-order valence-electron chi connectivity index (χ0n) is 7.16. The number of rotatable bonds is 3. The lowest BCUT2D eigenvalue weighted by Crippen LogP contribution is -2.55. The number of nitriles is 1. The highest BCUT2D eigenvalue weighted by Gasteiger charge is 2.75. The molecule has 0 rings (SSSR count). The van der Waals surface area contributed by atoms with E-state index in [1.807, 2.05) is 0 Å². The number of allylic oxidation sites excluding steroid dienone is 2. The number of hydrogen-bond donors (Lipinski definition) is 0. The molecule has 0 aromatic rings. The van der Waals surface area contributed by atoms with Crippen LogP contribution in [0.1, 0.15) is 0 Å². The standard InChI is InChI=1S/C7H2F7NO/c8-5(9,4(16)2-1-3-15)6(10,11)7(12,13)14/h1-2H/b2-1+. The predicted molar refractivity (Wildman–Crippen MR) is 35.7 cm³/mol. The molecule has 0 radical (unpaired) electrons. The molecule has 0 saturated carbocycles. The molecule has 0 N–H and O–H groups in total. The fraction of sp³-hybridized carbons (Fsp3) is 0.429. The Morgan fingerprint density at radius 1 is 1.06 bits per heavy atom. The molecule has 0 amide bonds. The Balaban J connectivity index is 5.30. The largest absolute Gasteiger partial charge is 0.460 e. The molecule has 0 aliphatic carbocycles. The zero-order valence-corrected chi connectivity index (χ0v) is 7.16. The van der Waals surface area contributed by atoms with E-state index >= 15 is 0 Å². The van der Waals surface area contributed by atoms with Gasteiger partial charge in [0.15, 0.2) is 0 Å². The molecule has 0 aliphatic heterocycles. The lowest BCUT2D eigenvalue weighted by molar-refractivity contribution is -0.342. The normalized spacial score (nSPS) is 13.9. The molecule has 9 heteroatoms. The van der Waals surface area contributed by atoms with Crippen LogP contribution in [0.3, 0.4) is 0 Å². The van der Waals surface area contributed by atoms with Crippen molar-refractivity contribution < 1.29 is 35.5 Å². The van der Waals surface area contributed by atoms with Gasteiger partial charge in [-0.15, -0.1) is 0 Å². The van der Waals surface area contributed by atoms with Gasteiger partial charge in [-0.3, -0.25) is 4.79 Å². The van der Waals surface area contributed by atoms with Crippen molar-refractivity contribution in [1.82, 2.24) is 0 Å². The molecule has 0 aromatic carbocycles. The summed E-state index contributed by atoms with van der Waals surface area (Å²) in [5.74, 6) is -15.2. The molecule has 0 saturated heterocycles. The third-order valence-corrected chi connectivity index (χ3v) is 1.37. The number of carbonyl (C=O) groups excluding carboxylic acids is 1. The fourth-order valence-corrected chi connectivity index (χ4v) is 0.550. The van der Waals surface area contributed by atoms with E-state index in [2.05, 4.69) is 0 Å². The van der Waals surface area contributed by atoms with Crippen molar-refractivity contribution in [2.45, 2.75) is 18.0 Å². The van der Waals surface area contributed by atoms with Crippen molar-refractivity contribution in [3.8, 4) is 6.07 Å². The van der Waals surface area contributed by atoms with Crippen LogP contribution in [-0.2, 0) is 4.79 Å². The van der Waals surface area contributed by atoms with Crippen molar-refractivity contribution in [2.24, 2.45) is 0 Å². The Morgan fingerprint density at radius 2 is 1.50 bits per heavy atom. The molecule has 90 valence electrons. The van der Waals surface area contributed by atoms with Crippen LogP contribution >= 0.6 is 0 Å². The van der Waals surface area contributed by atoms with E-state index in [1.54, 1.807) is 0 Å². The highest BCUT2D eigenvalue weighted by Crippen LogP contribution is 2.46. The van der Waals surface area contributed by atoms with Crippen LogP contribution in [0, 0.1) is 11.3 Å². The van der Waals surface area contributed by atoms with Crippen molar-refractivity contribution in [2.75, 3.05) is 0 Å². The van der Waals surface area contributed by atoms with Gasteiger partial charge in [-0.1, -0.05) is 0 Å². The molecule has 0 aromatic heterocycles. The molecule has 0 spiro atoms. The average molecular weight is 249 g/mol. The van der Waals surface area contributed by atoms with Crippen LogP contribution in [0.4, 0.5) is 30.7 Å². The van der Waals surface area contributed by atoms with Crippen molar-refractivity contribution in [1.29, 1.82) is 5.26 Å². The maximum absolute atomic E-state index is 12.4. The van der Waals surface area contributed by atoms with Gasteiger partial charge in [-0.25, -0.2) is 0 Å². The summed E-state index contributed by atoms with van der Waals surface area (Å²) in [6, 6.07) is 1.00. The van der Waals surface area contributed by atoms with Crippen LogP contribution in [0.25, 0.3) is 0 Å². The van der Waals surface area contributed by atoms with Crippen molar-refractivity contribution in [3.05, 3.63) is 12.2 Å². The molecule has 0 unspecified atom stereocenters. The minimum absolute atomic E-state index is 0.0721. The highest BCUT2D eigenvalue weighted by atomic mass is 19.4. The molecule has 0 atom stereocenters. The van der Waals surface area contributed by atoms with Crippen molar-refractivity contribution in [3.63, 3.8) is 0 Å².